The Balaban J connectivity index is 1.51. The Morgan fingerprint density at radius 1 is 1.00 bits per heavy atom. The summed E-state index contributed by atoms with van der Waals surface area (Å²) < 4.78 is 62.3. The van der Waals surface area contributed by atoms with Crippen LogP contribution in [0.5, 0.6) is 0 Å². The molecule has 170 valence electrons. The molecule has 8 nitrogen and oxygen atoms in total. The van der Waals surface area contributed by atoms with Crippen LogP contribution in [0.15, 0.2) is 51.8 Å². The lowest BCUT2D eigenvalue weighted by Crippen LogP contribution is -2.36. The Labute approximate surface area is 188 Å². The van der Waals surface area contributed by atoms with Gasteiger partial charge in [-0.2, -0.15) is 9.40 Å². The number of fused-ring (bicyclic) bond motifs is 1. The molecule has 0 aliphatic carbocycles. The normalized spacial score (nSPS) is 14.4. The van der Waals surface area contributed by atoms with Crippen molar-refractivity contribution < 1.29 is 21.6 Å². The van der Waals surface area contributed by atoms with Crippen molar-refractivity contribution in [3.63, 3.8) is 0 Å². The number of nitrogens with zero attached hydrogens (tertiary/aromatic N) is 5. The molecule has 1 aliphatic heterocycles. The molecule has 0 unspecified atom stereocenters. The summed E-state index contributed by atoms with van der Waals surface area (Å²) in [5, 5.41) is 12.6. The number of hydrogen-bond acceptors (Lipinski definition) is 6. The zero-order valence-electron chi connectivity index (χ0n) is 17.8. The molecular formula is C22H19F2N5O3S. The summed E-state index contributed by atoms with van der Waals surface area (Å²) in [5.74, 6) is -0.669. The van der Waals surface area contributed by atoms with Gasteiger partial charge in [0.15, 0.2) is 5.69 Å². The topological polar surface area (TPSA) is 94.1 Å². The molecule has 0 saturated carbocycles. The summed E-state index contributed by atoms with van der Waals surface area (Å²) >= 11 is 0. The number of halogens is 2. The smallest absolute Gasteiger partial charge is 0.268 e. The minimum absolute atomic E-state index is 0.0328. The minimum Gasteiger partial charge on any atom is -0.415 e. The van der Waals surface area contributed by atoms with E-state index in [4.69, 9.17) is 4.42 Å². The predicted molar refractivity (Wildman–Crippen MR) is 114 cm³/mol. The molecule has 11 heteroatoms. The van der Waals surface area contributed by atoms with Crippen LogP contribution in [-0.4, -0.2) is 39.2 Å². The molecule has 0 N–H and O–H groups in total. The van der Waals surface area contributed by atoms with E-state index in [1.807, 2.05) is 0 Å². The van der Waals surface area contributed by atoms with E-state index in [0.29, 0.717) is 28.8 Å². The summed E-state index contributed by atoms with van der Waals surface area (Å²) in [6.45, 7) is 1.90. The van der Waals surface area contributed by atoms with Crippen LogP contribution in [0.3, 0.4) is 0 Å². The summed E-state index contributed by atoms with van der Waals surface area (Å²) in [6, 6.07) is 9.35. The van der Waals surface area contributed by atoms with Crippen LogP contribution in [-0.2, 0) is 30.0 Å². The highest BCUT2D eigenvalue weighted by molar-refractivity contribution is 7.89. The van der Waals surface area contributed by atoms with Crippen molar-refractivity contribution in [3.8, 4) is 23.0 Å². The average Bonchev–Trinajstić information content (AvgIpc) is 3.40. The number of sulfonamides is 1. The SMILES string of the molecule is Cc1ccc(F)cc1S(=O)(=O)N1CCc2c(c(-c3nnc(-c4ccc(F)cc4)o3)nn2C)C1. The van der Waals surface area contributed by atoms with Crippen molar-refractivity contribution in [1.29, 1.82) is 0 Å². The van der Waals surface area contributed by atoms with E-state index >= 15 is 0 Å². The molecule has 0 fully saturated rings. The van der Waals surface area contributed by atoms with Gasteiger partial charge in [-0.1, -0.05) is 6.07 Å². The van der Waals surface area contributed by atoms with Crippen molar-refractivity contribution >= 4 is 10.0 Å². The van der Waals surface area contributed by atoms with Crippen molar-refractivity contribution in [2.75, 3.05) is 6.54 Å². The van der Waals surface area contributed by atoms with E-state index in [2.05, 4.69) is 15.3 Å². The second kappa shape index (κ2) is 7.85. The van der Waals surface area contributed by atoms with Crippen molar-refractivity contribution in [2.45, 2.75) is 24.8 Å². The molecule has 5 rings (SSSR count). The van der Waals surface area contributed by atoms with Crippen LogP contribution in [0.25, 0.3) is 23.0 Å². The van der Waals surface area contributed by atoms with Crippen molar-refractivity contribution in [1.82, 2.24) is 24.3 Å². The molecule has 1 aliphatic rings. The highest BCUT2D eigenvalue weighted by Crippen LogP contribution is 2.33. The molecular weight excluding hydrogens is 452 g/mol. The molecule has 0 bridgehead atoms. The summed E-state index contributed by atoms with van der Waals surface area (Å²) in [5.41, 5.74) is 2.90. The van der Waals surface area contributed by atoms with Gasteiger partial charge in [-0.3, -0.25) is 4.68 Å². The fourth-order valence-electron chi connectivity index (χ4n) is 3.96. The maximum absolute atomic E-state index is 13.8. The predicted octanol–water partition coefficient (Wildman–Crippen LogP) is 3.47. The minimum atomic E-state index is -3.94. The van der Waals surface area contributed by atoms with Gasteiger partial charge >= 0.3 is 0 Å². The first kappa shape index (κ1) is 21.4. The van der Waals surface area contributed by atoms with Gasteiger partial charge in [0.2, 0.25) is 15.9 Å². The number of aromatic nitrogens is 4. The molecule has 0 radical (unpaired) electrons. The van der Waals surface area contributed by atoms with E-state index in [-0.39, 0.29) is 35.6 Å². The molecule has 0 atom stereocenters. The monoisotopic (exact) mass is 471 g/mol. The molecule has 2 aromatic heterocycles. The summed E-state index contributed by atoms with van der Waals surface area (Å²) in [6.07, 6.45) is 0.422. The van der Waals surface area contributed by atoms with E-state index < -0.39 is 15.8 Å². The lowest BCUT2D eigenvalue weighted by molar-refractivity contribution is 0.385. The van der Waals surface area contributed by atoms with Crippen LogP contribution in [0.2, 0.25) is 0 Å². The number of aryl methyl sites for hydroxylation is 2. The van der Waals surface area contributed by atoms with Crippen LogP contribution in [0.1, 0.15) is 16.8 Å². The Hall–Kier alpha value is -3.44. The van der Waals surface area contributed by atoms with E-state index in [1.165, 1.54) is 40.7 Å². The third kappa shape index (κ3) is 3.72. The molecule has 0 saturated heterocycles. The first-order valence-electron chi connectivity index (χ1n) is 10.1. The second-order valence-electron chi connectivity index (χ2n) is 7.82. The molecule has 3 heterocycles. The van der Waals surface area contributed by atoms with Gasteiger partial charge < -0.3 is 4.42 Å². The largest absolute Gasteiger partial charge is 0.415 e. The lowest BCUT2D eigenvalue weighted by atomic mass is 10.1. The van der Waals surface area contributed by atoms with Gasteiger partial charge in [0.25, 0.3) is 5.89 Å². The maximum atomic E-state index is 13.8. The van der Waals surface area contributed by atoms with Gasteiger partial charge in [-0.05, 0) is 48.9 Å². The third-order valence-corrected chi connectivity index (χ3v) is 7.68. The number of hydrogen-bond donors (Lipinski definition) is 0. The lowest BCUT2D eigenvalue weighted by Gasteiger charge is -2.27. The summed E-state index contributed by atoms with van der Waals surface area (Å²) in [4.78, 5) is -0.0622. The number of rotatable bonds is 4. The van der Waals surface area contributed by atoms with Crippen molar-refractivity contribution in [3.05, 3.63) is 70.9 Å². The molecule has 4 aromatic rings. The van der Waals surface area contributed by atoms with Gasteiger partial charge in [-0.25, -0.2) is 17.2 Å². The van der Waals surface area contributed by atoms with Gasteiger partial charge in [0, 0.05) is 43.4 Å². The standard InChI is InChI=1S/C22H19F2N5O3S/c1-13-3-6-16(24)11-19(13)33(30,31)29-10-9-18-17(12-29)20(27-28(18)2)22-26-25-21(32-22)14-4-7-15(23)8-5-14/h3-8,11H,9-10,12H2,1-2H3. The van der Waals surface area contributed by atoms with Crippen LogP contribution >= 0.6 is 0 Å². The van der Waals surface area contributed by atoms with Gasteiger partial charge in [0.05, 0.1) is 4.90 Å². The first-order valence-corrected chi connectivity index (χ1v) is 11.6. The van der Waals surface area contributed by atoms with Crippen LogP contribution < -0.4 is 0 Å². The zero-order chi connectivity index (χ0) is 23.3. The van der Waals surface area contributed by atoms with E-state index in [1.54, 1.807) is 18.7 Å². The van der Waals surface area contributed by atoms with Crippen LogP contribution in [0, 0.1) is 18.6 Å². The fourth-order valence-corrected chi connectivity index (χ4v) is 5.61. The highest BCUT2D eigenvalue weighted by Gasteiger charge is 2.34. The van der Waals surface area contributed by atoms with Crippen LogP contribution in [0.4, 0.5) is 8.78 Å². The number of benzene rings is 2. The maximum Gasteiger partial charge on any atom is 0.268 e. The van der Waals surface area contributed by atoms with Crippen molar-refractivity contribution in [2.24, 2.45) is 7.05 Å². The molecule has 33 heavy (non-hydrogen) atoms. The third-order valence-electron chi connectivity index (χ3n) is 5.69. The quantitative estimate of drug-likeness (QED) is 0.452. The first-order chi connectivity index (χ1) is 15.7. The summed E-state index contributed by atoms with van der Waals surface area (Å²) in [7, 11) is -2.17. The van der Waals surface area contributed by atoms with E-state index in [9.17, 15) is 17.2 Å². The Kier molecular flexibility index (Phi) is 5.09. The van der Waals surface area contributed by atoms with Gasteiger partial charge in [0.1, 0.15) is 11.6 Å². The fraction of sp³-hybridized carbons (Fsp3) is 0.227. The zero-order valence-corrected chi connectivity index (χ0v) is 18.6. The Morgan fingerprint density at radius 3 is 2.45 bits per heavy atom. The second-order valence-corrected chi connectivity index (χ2v) is 9.72. The molecule has 0 spiro atoms. The highest BCUT2D eigenvalue weighted by atomic mass is 32.2. The average molecular weight is 471 g/mol. The van der Waals surface area contributed by atoms with Gasteiger partial charge in [-0.15, -0.1) is 10.2 Å². The molecule has 2 aromatic carbocycles. The Morgan fingerprint density at radius 2 is 1.70 bits per heavy atom. The Bertz CT molecular complexity index is 1460. The van der Waals surface area contributed by atoms with E-state index in [0.717, 1.165) is 11.8 Å². The molecule has 0 amide bonds.